The first-order valence-corrected chi connectivity index (χ1v) is 6.49. The number of fused-ring (bicyclic) bond motifs is 1. The van der Waals surface area contributed by atoms with Gasteiger partial charge in [0, 0.05) is 17.8 Å². The first-order chi connectivity index (χ1) is 9.29. The van der Waals surface area contributed by atoms with E-state index in [1.54, 1.807) is 19.2 Å². The summed E-state index contributed by atoms with van der Waals surface area (Å²) in [6.07, 6.45) is 2.11. The highest BCUT2D eigenvalue weighted by molar-refractivity contribution is 5.78. The standard InChI is InChI=1S/C16H16FNO/c1-19-16-8-7-11(17)10-14(16)12-4-2-6-15-13(12)5-3-9-18-15/h2,4,6-8,10,18H,3,5,9H2,1H3. The van der Waals surface area contributed by atoms with Crippen LogP contribution in [0, 0.1) is 5.82 Å². The zero-order valence-corrected chi connectivity index (χ0v) is 10.9. The number of ether oxygens (including phenoxy) is 1. The summed E-state index contributed by atoms with van der Waals surface area (Å²) in [5, 5.41) is 3.39. The van der Waals surface area contributed by atoms with Crippen LogP contribution >= 0.6 is 0 Å². The van der Waals surface area contributed by atoms with Gasteiger partial charge in [0.15, 0.2) is 0 Å². The third kappa shape index (κ3) is 2.16. The molecule has 0 spiro atoms. The van der Waals surface area contributed by atoms with Gasteiger partial charge in [-0.2, -0.15) is 0 Å². The van der Waals surface area contributed by atoms with Crippen LogP contribution in [-0.4, -0.2) is 13.7 Å². The fraction of sp³-hybridized carbons (Fsp3) is 0.250. The van der Waals surface area contributed by atoms with E-state index in [4.69, 9.17) is 4.74 Å². The molecule has 0 amide bonds. The average molecular weight is 257 g/mol. The van der Waals surface area contributed by atoms with Crippen LogP contribution in [0.5, 0.6) is 5.75 Å². The molecule has 1 aliphatic rings. The van der Waals surface area contributed by atoms with Gasteiger partial charge >= 0.3 is 0 Å². The lowest BCUT2D eigenvalue weighted by Gasteiger charge is -2.22. The maximum absolute atomic E-state index is 13.5. The van der Waals surface area contributed by atoms with E-state index >= 15 is 0 Å². The average Bonchev–Trinajstić information content (AvgIpc) is 2.46. The lowest BCUT2D eigenvalue weighted by molar-refractivity contribution is 0.415. The molecule has 3 rings (SSSR count). The predicted octanol–water partition coefficient (Wildman–Crippen LogP) is 3.86. The summed E-state index contributed by atoms with van der Waals surface area (Å²) in [5.74, 6) is 0.470. The molecular weight excluding hydrogens is 241 g/mol. The third-order valence-electron chi connectivity index (χ3n) is 3.55. The second-order valence-electron chi connectivity index (χ2n) is 4.71. The molecule has 19 heavy (non-hydrogen) atoms. The second-order valence-corrected chi connectivity index (χ2v) is 4.71. The Kier molecular flexibility index (Phi) is 3.11. The molecule has 0 saturated heterocycles. The fourth-order valence-electron chi connectivity index (χ4n) is 2.65. The van der Waals surface area contributed by atoms with Gasteiger partial charge in [-0.3, -0.25) is 0 Å². The minimum absolute atomic E-state index is 0.239. The minimum atomic E-state index is -0.239. The quantitative estimate of drug-likeness (QED) is 0.882. The van der Waals surface area contributed by atoms with Crippen LogP contribution in [0.2, 0.25) is 0 Å². The van der Waals surface area contributed by atoms with Crippen molar-refractivity contribution in [1.29, 1.82) is 0 Å². The van der Waals surface area contributed by atoms with Gasteiger partial charge in [-0.05, 0) is 48.2 Å². The van der Waals surface area contributed by atoms with Gasteiger partial charge in [0.25, 0.3) is 0 Å². The number of anilines is 1. The van der Waals surface area contributed by atoms with E-state index in [-0.39, 0.29) is 5.82 Å². The maximum atomic E-state index is 13.5. The summed E-state index contributed by atoms with van der Waals surface area (Å²) in [5.41, 5.74) is 4.27. The number of hydrogen-bond acceptors (Lipinski definition) is 2. The highest BCUT2D eigenvalue weighted by atomic mass is 19.1. The normalized spacial score (nSPS) is 13.6. The number of methoxy groups -OCH3 is 1. The van der Waals surface area contributed by atoms with E-state index in [2.05, 4.69) is 11.4 Å². The molecule has 0 aromatic heterocycles. The highest BCUT2D eigenvalue weighted by Crippen LogP contribution is 2.37. The summed E-state index contributed by atoms with van der Waals surface area (Å²) in [6, 6.07) is 10.8. The molecule has 0 aliphatic carbocycles. The van der Waals surface area contributed by atoms with Crippen molar-refractivity contribution in [2.45, 2.75) is 12.8 Å². The van der Waals surface area contributed by atoms with E-state index in [0.717, 1.165) is 36.2 Å². The highest BCUT2D eigenvalue weighted by Gasteiger charge is 2.16. The Balaban J connectivity index is 2.19. The summed E-state index contributed by atoms with van der Waals surface area (Å²) < 4.78 is 18.9. The number of benzene rings is 2. The van der Waals surface area contributed by atoms with E-state index < -0.39 is 0 Å². The first-order valence-electron chi connectivity index (χ1n) is 6.49. The largest absolute Gasteiger partial charge is 0.496 e. The molecule has 0 bridgehead atoms. The van der Waals surface area contributed by atoms with Crippen LogP contribution in [0.25, 0.3) is 11.1 Å². The zero-order chi connectivity index (χ0) is 13.2. The van der Waals surface area contributed by atoms with Crippen LogP contribution in [0.4, 0.5) is 10.1 Å². The molecule has 0 radical (unpaired) electrons. The van der Waals surface area contributed by atoms with Crippen molar-refractivity contribution in [3.8, 4) is 16.9 Å². The summed E-state index contributed by atoms with van der Waals surface area (Å²) in [4.78, 5) is 0. The molecule has 1 aliphatic heterocycles. The Morgan fingerprint density at radius 3 is 2.89 bits per heavy atom. The molecule has 2 aromatic rings. The first kappa shape index (κ1) is 12.0. The van der Waals surface area contributed by atoms with E-state index in [1.807, 2.05) is 12.1 Å². The minimum Gasteiger partial charge on any atom is -0.496 e. The zero-order valence-electron chi connectivity index (χ0n) is 10.9. The second kappa shape index (κ2) is 4.92. The van der Waals surface area contributed by atoms with Crippen LogP contribution in [0.3, 0.4) is 0 Å². The van der Waals surface area contributed by atoms with Crippen LogP contribution in [0.15, 0.2) is 36.4 Å². The number of halogens is 1. The van der Waals surface area contributed by atoms with Crippen LogP contribution < -0.4 is 10.1 Å². The Bertz CT molecular complexity index is 610. The van der Waals surface area contributed by atoms with Gasteiger partial charge in [0.1, 0.15) is 11.6 Å². The van der Waals surface area contributed by atoms with E-state index in [9.17, 15) is 4.39 Å². The van der Waals surface area contributed by atoms with Crippen molar-refractivity contribution in [1.82, 2.24) is 0 Å². The molecular formula is C16H16FNO. The van der Waals surface area contributed by atoms with E-state index in [1.165, 1.54) is 11.6 Å². The molecule has 98 valence electrons. The Hall–Kier alpha value is -2.03. The molecule has 2 aromatic carbocycles. The van der Waals surface area contributed by atoms with Crippen molar-refractivity contribution in [2.75, 3.05) is 19.0 Å². The lowest BCUT2D eigenvalue weighted by Crippen LogP contribution is -2.12. The number of nitrogens with one attached hydrogen (secondary N) is 1. The van der Waals surface area contributed by atoms with Crippen LogP contribution in [-0.2, 0) is 6.42 Å². The lowest BCUT2D eigenvalue weighted by atomic mass is 9.92. The molecule has 1 heterocycles. The molecule has 0 saturated carbocycles. The maximum Gasteiger partial charge on any atom is 0.126 e. The molecule has 0 unspecified atom stereocenters. The summed E-state index contributed by atoms with van der Waals surface area (Å²) >= 11 is 0. The third-order valence-corrected chi connectivity index (χ3v) is 3.55. The van der Waals surface area contributed by atoms with Gasteiger partial charge in [-0.25, -0.2) is 4.39 Å². The van der Waals surface area contributed by atoms with Gasteiger partial charge in [-0.15, -0.1) is 0 Å². The van der Waals surface area contributed by atoms with Crippen molar-refractivity contribution >= 4 is 5.69 Å². The smallest absolute Gasteiger partial charge is 0.126 e. The molecule has 0 atom stereocenters. The van der Waals surface area contributed by atoms with Crippen molar-refractivity contribution in [2.24, 2.45) is 0 Å². The van der Waals surface area contributed by atoms with Gasteiger partial charge in [0.2, 0.25) is 0 Å². The Morgan fingerprint density at radius 1 is 1.16 bits per heavy atom. The van der Waals surface area contributed by atoms with Crippen LogP contribution in [0.1, 0.15) is 12.0 Å². The monoisotopic (exact) mass is 257 g/mol. The SMILES string of the molecule is COc1ccc(F)cc1-c1cccc2c1CCCN2. The Labute approximate surface area is 112 Å². The molecule has 3 heteroatoms. The topological polar surface area (TPSA) is 21.3 Å². The molecule has 2 nitrogen and oxygen atoms in total. The predicted molar refractivity (Wildman–Crippen MR) is 75.2 cm³/mol. The van der Waals surface area contributed by atoms with Crippen molar-refractivity contribution < 1.29 is 9.13 Å². The summed E-state index contributed by atoms with van der Waals surface area (Å²) in [6.45, 7) is 0.997. The fourth-order valence-corrected chi connectivity index (χ4v) is 2.65. The number of rotatable bonds is 2. The van der Waals surface area contributed by atoms with Gasteiger partial charge in [0.05, 0.1) is 7.11 Å². The van der Waals surface area contributed by atoms with E-state index in [0.29, 0.717) is 5.75 Å². The van der Waals surface area contributed by atoms with Gasteiger partial charge < -0.3 is 10.1 Å². The van der Waals surface area contributed by atoms with Gasteiger partial charge in [-0.1, -0.05) is 12.1 Å². The molecule has 0 fully saturated rings. The Morgan fingerprint density at radius 2 is 2.05 bits per heavy atom. The number of hydrogen-bond donors (Lipinski definition) is 1. The molecule has 1 N–H and O–H groups in total. The van der Waals surface area contributed by atoms with Crippen molar-refractivity contribution in [3.63, 3.8) is 0 Å². The van der Waals surface area contributed by atoms with Crippen molar-refractivity contribution in [3.05, 3.63) is 47.8 Å². The summed E-state index contributed by atoms with van der Waals surface area (Å²) in [7, 11) is 1.62.